The number of rotatable bonds is 2. The zero-order valence-electron chi connectivity index (χ0n) is 12.8. The van der Waals surface area contributed by atoms with Crippen LogP contribution in [0.15, 0.2) is 35.9 Å². The van der Waals surface area contributed by atoms with E-state index >= 15 is 0 Å². The van der Waals surface area contributed by atoms with Gasteiger partial charge in [0.05, 0.1) is 7.11 Å². The summed E-state index contributed by atoms with van der Waals surface area (Å²) in [7, 11) is 1.20. The molecule has 22 heavy (non-hydrogen) atoms. The molecule has 1 N–H and O–H groups in total. The van der Waals surface area contributed by atoms with Crippen LogP contribution in [0.5, 0.6) is 0 Å². The van der Waals surface area contributed by atoms with E-state index in [2.05, 4.69) is 4.74 Å². The highest BCUT2D eigenvalue weighted by molar-refractivity contribution is 6.30. The number of allylic oxidation sites excluding steroid dienone is 1. The molecule has 1 aromatic carbocycles. The molecule has 0 unspecified atom stereocenters. The fourth-order valence-electron chi connectivity index (χ4n) is 2.77. The molecule has 0 amide bonds. The molecule has 2 rings (SSSR count). The minimum atomic E-state index is -1.10. The van der Waals surface area contributed by atoms with E-state index in [1.165, 1.54) is 7.11 Å². The average molecular weight is 302 g/mol. The number of methoxy groups -OCH3 is 1. The number of carbonyl (C=O) groups is 3. The molecule has 116 valence electrons. The Bertz CT molecular complexity index is 655. The quantitative estimate of drug-likeness (QED) is 0.298. The maximum Gasteiger partial charge on any atom is 0.317 e. The molecule has 0 bridgehead atoms. The van der Waals surface area contributed by atoms with Crippen molar-refractivity contribution < 1.29 is 24.2 Å². The van der Waals surface area contributed by atoms with Crippen molar-refractivity contribution in [3.63, 3.8) is 0 Å². The van der Waals surface area contributed by atoms with Crippen LogP contribution in [0.3, 0.4) is 0 Å². The SMILES string of the molecule is COC(=O)[C@@H]1C(=O)/C(=C(/O)c2ccccc2)C(=O)CC1(C)C. The van der Waals surface area contributed by atoms with Crippen LogP contribution in [0.4, 0.5) is 0 Å². The molecule has 1 fully saturated rings. The number of Topliss-reactive ketones (excluding diaryl/α,β-unsaturated/α-hetero) is 2. The van der Waals surface area contributed by atoms with Crippen LogP contribution in [-0.4, -0.2) is 29.8 Å². The summed E-state index contributed by atoms with van der Waals surface area (Å²) in [6.07, 6.45) is -0.00919. The highest BCUT2D eigenvalue weighted by Gasteiger charge is 2.50. The van der Waals surface area contributed by atoms with E-state index in [0.717, 1.165) is 0 Å². The third-order valence-electron chi connectivity index (χ3n) is 3.91. The second-order valence-corrected chi connectivity index (χ2v) is 6.00. The summed E-state index contributed by atoms with van der Waals surface area (Å²) in [5, 5.41) is 10.3. The largest absolute Gasteiger partial charge is 0.506 e. The van der Waals surface area contributed by atoms with Gasteiger partial charge in [-0.25, -0.2) is 0 Å². The van der Waals surface area contributed by atoms with Crippen molar-refractivity contribution in [2.75, 3.05) is 7.11 Å². The van der Waals surface area contributed by atoms with Crippen LogP contribution < -0.4 is 0 Å². The van der Waals surface area contributed by atoms with Crippen molar-refractivity contribution >= 4 is 23.3 Å². The second kappa shape index (κ2) is 5.75. The van der Waals surface area contributed by atoms with Gasteiger partial charge < -0.3 is 9.84 Å². The number of hydrogen-bond donors (Lipinski definition) is 1. The molecule has 0 spiro atoms. The van der Waals surface area contributed by atoms with Crippen molar-refractivity contribution in [2.45, 2.75) is 20.3 Å². The monoisotopic (exact) mass is 302 g/mol. The minimum absolute atomic E-state index is 0.00919. The van der Waals surface area contributed by atoms with E-state index in [0.29, 0.717) is 5.56 Å². The number of aliphatic hydroxyl groups is 1. The van der Waals surface area contributed by atoms with Crippen molar-refractivity contribution in [3.05, 3.63) is 41.5 Å². The van der Waals surface area contributed by atoms with Crippen molar-refractivity contribution in [1.82, 2.24) is 0 Å². The third-order valence-corrected chi connectivity index (χ3v) is 3.91. The van der Waals surface area contributed by atoms with Gasteiger partial charge in [0.15, 0.2) is 11.6 Å². The Labute approximate surface area is 128 Å². The van der Waals surface area contributed by atoms with Gasteiger partial charge in [-0.1, -0.05) is 44.2 Å². The first-order chi connectivity index (χ1) is 10.3. The van der Waals surface area contributed by atoms with Crippen LogP contribution in [0.1, 0.15) is 25.8 Å². The maximum absolute atomic E-state index is 12.6. The second-order valence-electron chi connectivity index (χ2n) is 6.00. The Balaban J connectivity index is 2.55. The number of ether oxygens (including phenoxy) is 1. The Morgan fingerprint density at radius 2 is 1.82 bits per heavy atom. The van der Waals surface area contributed by atoms with Gasteiger partial charge in [0.1, 0.15) is 17.3 Å². The Hall–Kier alpha value is -2.43. The van der Waals surface area contributed by atoms with Crippen LogP contribution in [0, 0.1) is 11.3 Å². The van der Waals surface area contributed by atoms with E-state index in [1.54, 1.807) is 44.2 Å². The molecule has 5 heteroatoms. The lowest BCUT2D eigenvalue weighted by Gasteiger charge is -2.35. The topological polar surface area (TPSA) is 80.7 Å². The summed E-state index contributed by atoms with van der Waals surface area (Å²) in [4.78, 5) is 36.9. The lowest BCUT2D eigenvalue weighted by Crippen LogP contribution is -2.46. The van der Waals surface area contributed by atoms with E-state index in [-0.39, 0.29) is 17.8 Å². The van der Waals surface area contributed by atoms with Crippen molar-refractivity contribution in [2.24, 2.45) is 11.3 Å². The first-order valence-electron chi connectivity index (χ1n) is 6.93. The number of ketones is 2. The van der Waals surface area contributed by atoms with Gasteiger partial charge in [0.2, 0.25) is 0 Å². The fourth-order valence-corrected chi connectivity index (χ4v) is 2.77. The predicted octanol–water partition coefficient (Wildman–Crippen LogP) is 2.31. The predicted molar refractivity (Wildman–Crippen MR) is 79.9 cm³/mol. The van der Waals surface area contributed by atoms with Gasteiger partial charge in [-0.2, -0.15) is 0 Å². The number of esters is 1. The molecule has 1 aliphatic carbocycles. The summed E-state index contributed by atoms with van der Waals surface area (Å²) in [5.41, 5.74) is -0.801. The number of benzene rings is 1. The average Bonchev–Trinajstić information content (AvgIpc) is 2.46. The third kappa shape index (κ3) is 2.66. The summed E-state index contributed by atoms with van der Waals surface area (Å²) in [5.74, 6) is -3.33. The van der Waals surface area contributed by atoms with E-state index in [9.17, 15) is 19.5 Å². The standard InChI is InChI=1S/C17H18O5/c1-17(2)9-11(18)12(15(20)13(17)16(21)22-3)14(19)10-7-5-4-6-8-10/h4-8,13,19H,9H2,1-3H3/b14-12+/t13-/m0/s1. The minimum Gasteiger partial charge on any atom is -0.506 e. The Morgan fingerprint density at radius 1 is 1.23 bits per heavy atom. The summed E-state index contributed by atoms with van der Waals surface area (Å²) < 4.78 is 4.69. The van der Waals surface area contributed by atoms with Gasteiger partial charge in [-0.05, 0) is 5.41 Å². The summed E-state index contributed by atoms with van der Waals surface area (Å²) >= 11 is 0. The molecule has 0 saturated heterocycles. The van der Waals surface area contributed by atoms with Crippen molar-refractivity contribution in [3.8, 4) is 0 Å². The van der Waals surface area contributed by atoms with E-state index in [1.807, 2.05) is 0 Å². The van der Waals surface area contributed by atoms with E-state index in [4.69, 9.17) is 0 Å². The van der Waals surface area contributed by atoms with Crippen LogP contribution in [0.25, 0.3) is 5.76 Å². The van der Waals surface area contributed by atoms with E-state index < -0.39 is 28.9 Å². The zero-order valence-corrected chi connectivity index (χ0v) is 12.8. The van der Waals surface area contributed by atoms with Gasteiger partial charge in [0.25, 0.3) is 0 Å². The molecular formula is C17H18O5. The first kappa shape index (κ1) is 15.9. The molecule has 1 saturated carbocycles. The van der Waals surface area contributed by atoms with Gasteiger partial charge >= 0.3 is 5.97 Å². The molecule has 0 radical (unpaired) electrons. The van der Waals surface area contributed by atoms with Crippen LogP contribution in [-0.2, 0) is 19.1 Å². The molecule has 1 aliphatic rings. The molecule has 0 aliphatic heterocycles. The molecular weight excluding hydrogens is 284 g/mol. The normalized spacial score (nSPS) is 23.1. The number of carbonyl (C=O) groups excluding carboxylic acids is 3. The number of hydrogen-bond acceptors (Lipinski definition) is 5. The van der Waals surface area contributed by atoms with Gasteiger partial charge in [-0.15, -0.1) is 0 Å². The molecule has 1 atom stereocenters. The molecule has 1 aromatic rings. The summed E-state index contributed by atoms with van der Waals surface area (Å²) in [6.45, 7) is 3.33. The van der Waals surface area contributed by atoms with Gasteiger partial charge in [0, 0.05) is 12.0 Å². The fraction of sp³-hybridized carbons (Fsp3) is 0.353. The molecule has 0 aromatic heterocycles. The maximum atomic E-state index is 12.6. The zero-order chi connectivity index (χ0) is 16.5. The molecule has 5 nitrogen and oxygen atoms in total. The highest BCUT2D eigenvalue weighted by atomic mass is 16.5. The lowest BCUT2D eigenvalue weighted by atomic mass is 9.65. The molecule has 0 heterocycles. The van der Waals surface area contributed by atoms with Gasteiger partial charge in [-0.3, -0.25) is 14.4 Å². The van der Waals surface area contributed by atoms with Crippen LogP contribution >= 0.6 is 0 Å². The van der Waals surface area contributed by atoms with Crippen molar-refractivity contribution in [1.29, 1.82) is 0 Å². The smallest absolute Gasteiger partial charge is 0.317 e. The number of aliphatic hydroxyl groups excluding tert-OH is 1. The Kier molecular flexibility index (Phi) is 4.17. The lowest BCUT2D eigenvalue weighted by molar-refractivity contribution is -0.155. The summed E-state index contributed by atoms with van der Waals surface area (Å²) in [6, 6.07) is 8.31. The first-order valence-corrected chi connectivity index (χ1v) is 6.93. The Morgan fingerprint density at radius 3 is 2.36 bits per heavy atom. The van der Waals surface area contributed by atoms with Crippen LogP contribution in [0.2, 0.25) is 0 Å². The highest BCUT2D eigenvalue weighted by Crippen LogP contribution is 2.41.